The number of rotatable bonds is 2. The number of amides is 2. The number of nitrogens with one attached hydrogen (secondary N) is 1. The van der Waals surface area contributed by atoms with Crippen LogP contribution in [0.5, 0.6) is 0 Å². The number of aromatic nitrogens is 1. The molecule has 1 aromatic carbocycles. The van der Waals surface area contributed by atoms with E-state index in [-0.39, 0.29) is 17.5 Å². The third-order valence-corrected chi connectivity index (χ3v) is 5.11. The molecular weight excluding hydrogens is 390 g/mol. The van der Waals surface area contributed by atoms with Crippen molar-refractivity contribution in [2.75, 3.05) is 18.4 Å². The van der Waals surface area contributed by atoms with E-state index in [1.807, 2.05) is 6.92 Å². The summed E-state index contributed by atoms with van der Waals surface area (Å²) in [7, 11) is 0. The minimum Gasteiger partial charge on any atom is -0.338 e. The van der Waals surface area contributed by atoms with Gasteiger partial charge in [-0.15, -0.1) is 0 Å². The summed E-state index contributed by atoms with van der Waals surface area (Å²) in [6.45, 7) is 6.26. The number of urea groups is 1. The molecule has 1 fully saturated rings. The van der Waals surface area contributed by atoms with Crippen LogP contribution in [-0.4, -0.2) is 29.2 Å². The summed E-state index contributed by atoms with van der Waals surface area (Å²) in [6.07, 6.45) is -2.61. The smallest absolute Gasteiger partial charge is 0.338 e. The fourth-order valence-electron chi connectivity index (χ4n) is 3.22. The summed E-state index contributed by atoms with van der Waals surface area (Å²) in [5.41, 5.74) is 1.34. The van der Waals surface area contributed by atoms with Gasteiger partial charge in [-0.05, 0) is 43.9 Å². The molecule has 1 aromatic heterocycles. The summed E-state index contributed by atoms with van der Waals surface area (Å²) >= 11 is 0. The lowest BCUT2D eigenvalue weighted by Gasteiger charge is -2.33. The quantitative estimate of drug-likeness (QED) is 0.673. The molecule has 29 heavy (non-hydrogen) atoms. The molecule has 3 rings (SSSR count). The monoisotopic (exact) mass is 411 g/mol. The zero-order valence-corrected chi connectivity index (χ0v) is 16.2. The molecule has 156 valence electrons. The number of likely N-dealkylation sites (tertiary alicyclic amines) is 1. The topological polar surface area (TPSA) is 58.4 Å². The van der Waals surface area contributed by atoms with Crippen LogP contribution in [0.2, 0.25) is 0 Å². The van der Waals surface area contributed by atoms with Gasteiger partial charge in [-0.2, -0.15) is 13.2 Å². The van der Waals surface area contributed by atoms with Gasteiger partial charge in [0, 0.05) is 18.7 Å². The molecule has 9 heteroatoms. The molecule has 0 saturated carbocycles. The van der Waals surface area contributed by atoms with Crippen LogP contribution in [0.15, 0.2) is 28.3 Å². The Labute approximate surface area is 165 Å². The van der Waals surface area contributed by atoms with E-state index < -0.39 is 17.6 Å². The molecule has 1 N–H and O–H groups in total. The van der Waals surface area contributed by atoms with E-state index in [2.05, 4.69) is 10.5 Å². The molecule has 1 unspecified atom stereocenters. The molecule has 1 atom stereocenters. The van der Waals surface area contributed by atoms with Crippen molar-refractivity contribution in [1.29, 1.82) is 0 Å². The molecular formula is C20H21F4N3O2. The van der Waals surface area contributed by atoms with Gasteiger partial charge in [0.25, 0.3) is 0 Å². The number of alkyl halides is 3. The highest BCUT2D eigenvalue weighted by Gasteiger charge is 2.34. The van der Waals surface area contributed by atoms with Crippen molar-refractivity contribution in [3.05, 3.63) is 52.0 Å². The van der Waals surface area contributed by atoms with Gasteiger partial charge in [-0.1, -0.05) is 29.8 Å². The third-order valence-electron chi connectivity index (χ3n) is 5.11. The van der Waals surface area contributed by atoms with Crippen LogP contribution in [0.1, 0.15) is 35.7 Å². The van der Waals surface area contributed by atoms with Crippen LogP contribution in [0.25, 0.3) is 6.08 Å². The fourth-order valence-corrected chi connectivity index (χ4v) is 3.22. The zero-order chi connectivity index (χ0) is 21.3. The second-order valence-electron chi connectivity index (χ2n) is 7.21. The standard InChI is InChI=1S/C20H21F4N3O2/c1-11-10-27(19(28)25-18-12(2)13(3)26-29-18)7-6-15(11)8-14-4-5-17(21)16(9-14)20(22,23)24/h4-5,8-9,11H,6-7,10H2,1-3H3,(H,25,28)/b15-8+. The van der Waals surface area contributed by atoms with Crippen LogP contribution >= 0.6 is 0 Å². The summed E-state index contributed by atoms with van der Waals surface area (Å²) in [5, 5.41) is 6.48. The highest BCUT2D eigenvalue weighted by Crippen LogP contribution is 2.33. The van der Waals surface area contributed by atoms with Crippen molar-refractivity contribution in [3.8, 4) is 0 Å². The second-order valence-corrected chi connectivity index (χ2v) is 7.21. The molecule has 2 aromatic rings. The molecule has 2 heterocycles. The Morgan fingerprint density at radius 3 is 2.66 bits per heavy atom. The molecule has 0 spiro atoms. The van der Waals surface area contributed by atoms with E-state index in [4.69, 9.17) is 4.52 Å². The van der Waals surface area contributed by atoms with Crippen molar-refractivity contribution in [3.63, 3.8) is 0 Å². The Morgan fingerprint density at radius 1 is 1.34 bits per heavy atom. The lowest BCUT2D eigenvalue weighted by atomic mass is 9.91. The number of piperidine rings is 1. The van der Waals surface area contributed by atoms with Crippen molar-refractivity contribution >= 4 is 18.0 Å². The number of halogens is 4. The van der Waals surface area contributed by atoms with E-state index in [9.17, 15) is 22.4 Å². The van der Waals surface area contributed by atoms with Gasteiger partial charge in [0.1, 0.15) is 5.82 Å². The van der Waals surface area contributed by atoms with E-state index in [1.54, 1.807) is 24.8 Å². The molecule has 1 saturated heterocycles. The lowest BCUT2D eigenvalue weighted by molar-refractivity contribution is -0.140. The van der Waals surface area contributed by atoms with E-state index in [0.717, 1.165) is 23.3 Å². The largest absolute Gasteiger partial charge is 0.419 e. The minimum absolute atomic E-state index is 0.0635. The van der Waals surface area contributed by atoms with Crippen molar-refractivity contribution < 1.29 is 26.9 Å². The predicted molar refractivity (Wildman–Crippen MR) is 99.7 cm³/mol. The van der Waals surface area contributed by atoms with Crippen molar-refractivity contribution in [2.24, 2.45) is 5.92 Å². The van der Waals surface area contributed by atoms with Crippen LogP contribution in [0.4, 0.5) is 28.2 Å². The molecule has 1 aliphatic heterocycles. The number of hydrogen-bond acceptors (Lipinski definition) is 3. The Balaban J connectivity index is 1.70. The molecule has 0 aliphatic carbocycles. The van der Waals surface area contributed by atoms with Gasteiger partial charge < -0.3 is 9.42 Å². The number of hydrogen-bond donors (Lipinski definition) is 1. The molecule has 0 radical (unpaired) electrons. The number of benzene rings is 1. The Hall–Kier alpha value is -2.84. The van der Waals surface area contributed by atoms with E-state index in [0.29, 0.717) is 31.1 Å². The van der Waals surface area contributed by atoms with E-state index >= 15 is 0 Å². The van der Waals surface area contributed by atoms with Crippen molar-refractivity contribution in [1.82, 2.24) is 10.1 Å². The number of nitrogens with zero attached hydrogens (tertiary/aromatic N) is 2. The molecule has 1 aliphatic rings. The number of carbonyl (C=O) groups excluding carboxylic acids is 1. The summed E-state index contributed by atoms with van der Waals surface area (Å²) in [4.78, 5) is 14.1. The second kappa shape index (κ2) is 7.88. The summed E-state index contributed by atoms with van der Waals surface area (Å²) < 4.78 is 57.3. The average Bonchev–Trinajstić information content (AvgIpc) is 2.96. The van der Waals surface area contributed by atoms with Crippen molar-refractivity contribution in [2.45, 2.75) is 33.4 Å². The van der Waals surface area contributed by atoms with Gasteiger partial charge in [0.05, 0.1) is 11.3 Å². The first-order valence-corrected chi connectivity index (χ1v) is 9.12. The van der Waals surface area contributed by atoms with Gasteiger partial charge >= 0.3 is 12.2 Å². The minimum atomic E-state index is -4.75. The first-order valence-electron chi connectivity index (χ1n) is 9.12. The van der Waals surface area contributed by atoms with Crippen LogP contribution in [0, 0.1) is 25.6 Å². The molecule has 5 nitrogen and oxygen atoms in total. The maximum atomic E-state index is 13.5. The average molecular weight is 411 g/mol. The van der Waals surface area contributed by atoms with Crippen LogP contribution in [-0.2, 0) is 6.18 Å². The zero-order valence-electron chi connectivity index (χ0n) is 16.2. The summed E-state index contributed by atoms with van der Waals surface area (Å²) in [5.74, 6) is -1.06. The first kappa shape index (κ1) is 20.9. The Morgan fingerprint density at radius 2 is 2.07 bits per heavy atom. The fraction of sp³-hybridized carbons (Fsp3) is 0.400. The normalized spacial score (nSPS) is 18.9. The number of aryl methyl sites for hydroxylation is 1. The first-order chi connectivity index (χ1) is 13.6. The molecule has 2 amide bonds. The highest BCUT2D eigenvalue weighted by molar-refractivity contribution is 5.88. The van der Waals surface area contributed by atoms with E-state index in [1.165, 1.54) is 6.07 Å². The number of anilines is 1. The maximum Gasteiger partial charge on any atom is 0.419 e. The highest BCUT2D eigenvalue weighted by atomic mass is 19.4. The maximum absolute atomic E-state index is 13.5. The Kier molecular flexibility index (Phi) is 5.68. The lowest BCUT2D eigenvalue weighted by Crippen LogP contribution is -2.42. The van der Waals surface area contributed by atoms with Gasteiger partial charge in [0.2, 0.25) is 5.88 Å². The van der Waals surface area contributed by atoms with Crippen LogP contribution in [0.3, 0.4) is 0 Å². The van der Waals surface area contributed by atoms with Crippen LogP contribution < -0.4 is 5.32 Å². The number of carbonyl (C=O) groups is 1. The molecule has 0 bridgehead atoms. The Bertz CT molecular complexity index is 950. The van der Waals surface area contributed by atoms with Gasteiger partial charge in [-0.25, -0.2) is 9.18 Å². The SMILES string of the molecule is Cc1noc(NC(=O)N2CC/C(=C\c3ccc(F)c(C(F)(F)F)c3)C(C)C2)c1C. The predicted octanol–water partition coefficient (Wildman–Crippen LogP) is 5.41. The summed E-state index contributed by atoms with van der Waals surface area (Å²) in [6, 6.07) is 2.63. The third kappa shape index (κ3) is 4.60. The van der Waals surface area contributed by atoms with Gasteiger partial charge in [0.15, 0.2) is 0 Å². The van der Waals surface area contributed by atoms with Gasteiger partial charge in [-0.3, -0.25) is 5.32 Å².